The maximum absolute atomic E-state index is 13.2. The highest BCUT2D eigenvalue weighted by atomic mass is 35.5. The lowest BCUT2D eigenvalue weighted by Crippen LogP contribution is -2.52. The van der Waals surface area contributed by atoms with E-state index in [1.807, 2.05) is 12.3 Å². The predicted molar refractivity (Wildman–Crippen MR) is 105 cm³/mol. The van der Waals surface area contributed by atoms with E-state index in [-0.39, 0.29) is 5.92 Å². The molecule has 1 saturated carbocycles. The van der Waals surface area contributed by atoms with Gasteiger partial charge in [0.05, 0.1) is 5.02 Å². The van der Waals surface area contributed by atoms with Crippen molar-refractivity contribution in [2.24, 2.45) is 11.8 Å². The van der Waals surface area contributed by atoms with Crippen LogP contribution in [-0.2, 0) is 4.79 Å². The Morgan fingerprint density at radius 2 is 2.19 bits per heavy atom. The highest BCUT2D eigenvalue weighted by Crippen LogP contribution is 2.40. The van der Waals surface area contributed by atoms with Crippen LogP contribution >= 0.6 is 11.6 Å². The number of nitrogens with one attached hydrogen (secondary N) is 1. The second-order valence-corrected chi connectivity index (χ2v) is 8.64. The van der Waals surface area contributed by atoms with E-state index >= 15 is 0 Å². The Balaban J connectivity index is 1.52. The van der Waals surface area contributed by atoms with Gasteiger partial charge in [-0.05, 0) is 48.6 Å². The zero-order valence-electron chi connectivity index (χ0n) is 15.7. The number of likely N-dealkylation sites (tertiary alicyclic amines) is 1. The SMILES string of the molecule is CC(CC(=O)N1CCC(C)C2CCCCC21)c1c[nH]c2nccc(Cl)c12. The molecule has 5 heteroatoms. The highest BCUT2D eigenvalue weighted by molar-refractivity contribution is 6.35. The van der Waals surface area contributed by atoms with Crippen molar-refractivity contribution in [3.05, 3.63) is 29.0 Å². The number of nitrogens with zero attached hydrogens (tertiary/aromatic N) is 2. The molecular formula is C21H28ClN3O. The fourth-order valence-electron chi connectivity index (χ4n) is 5.14. The van der Waals surface area contributed by atoms with E-state index in [4.69, 9.17) is 11.6 Å². The molecule has 0 bridgehead atoms. The fourth-order valence-corrected chi connectivity index (χ4v) is 5.40. The van der Waals surface area contributed by atoms with Gasteiger partial charge >= 0.3 is 0 Å². The number of aromatic amines is 1. The molecule has 26 heavy (non-hydrogen) atoms. The molecule has 0 radical (unpaired) electrons. The largest absolute Gasteiger partial charge is 0.346 e. The molecule has 1 saturated heterocycles. The van der Waals surface area contributed by atoms with Gasteiger partial charge in [-0.15, -0.1) is 0 Å². The number of piperidine rings is 1. The fraction of sp³-hybridized carbons (Fsp3) is 0.619. The van der Waals surface area contributed by atoms with Gasteiger partial charge in [0, 0.05) is 36.8 Å². The third-order valence-corrected chi connectivity index (χ3v) is 6.94. The first kappa shape index (κ1) is 17.8. The first-order valence-corrected chi connectivity index (χ1v) is 10.3. The second-order valence-electron chi connectivity index (χ2n) is 8.23. The van der Waals surface area contributed by atoms with Gasteiger partial charge in [0.2, 0.25) is 5.91 Å². The molecule has 1 N–H and O–H groups in total. The van der Waals surface area contributed by atoms with Crippen LogP contribution in [0, 0.1) is 11.8 Å². The number of amides is 1. The molecule has 0 aromatic carbocycles. The molecule has 4 atom stereocenters. The Morgan fingerprint density at radius 3 is 3.04 bits per heavy atom. The summed E-state index contributed by atoms with van der Waals surface area (Å²) in [5, 5.41) is 1.65. The molecule has 140 valence electrons. The summed E-state index contributed by atoms with van der Waals surface area (Å²) in [6.45, 7) is 5.41. The Hall–Kier alpha value is -1.55. The molecule has 4 nitrogen and oxygen atoms in total. The van der Waals surface area contributed by atoms with Crippen molar-refractivity contribution in [1.82, 2.24) is 14.9 Å². The van der Waals surface area contributed by atoms with Crippen molar-refractivity contribution in [3.63, 3.8) is 0 Å². The molecule has 0 spiro atoms. The normalized spacial score (nSPS) is 27.3. The monoisotopic (exact) mass is 373 g/mol. The van der Waals surface area contributed by atoms with E-state index in [1.165, 1.54) is 25.7 Å². The van der Waals surface area contributed by atoms with Crippen LogP contribution in [0.25, 0.3) is 11.0 Å². The number of pyridine rings is 1. The Labute approximate surface area is 160 Å². The number of hydrogen-bond acceptors (Lipinski definition) is 2. The van der Waals surface area contributed by atoms with Crippen molar-refractivity contribution in [2.45, 2.75) is 64.3 Å². The quantitative estimate of drug-likeness (QED) is 0.809. The number of carbonyl (C=O) groups is 1. The molecule has 2 aromatic rings. The van der Waals surface area contributed by atoms with E-state index in [9.17, 15) is 4.79 Å². The summed E-state index contributed by atoms with van der Waals surface area (Å²) in [5.41, 5.74) is 1.89. The van der Waals surface area contributed by atoms with Crippen LogP contribution in [0.5, 0.6) is 0 Å². The topological polar surface area (TPSA) is 49.0 Å². The number of fused-ring (bicyclic) bond motifs is 2. The summed E-state index contributed by atoms with van der Waals surface area (Å²) < 4.78 is 0. The zero-order chi connectivity index (χ0) is 18.3. The summed E-state index contributed by atoms with van der Waals surface area (Å²) in [4.78, 5) is 22.9. The van der Waals surface area contributed by atoms with Gasteiger partial charge in [0.15, 0.2) is 0 Å². The number of H-pyrrole nitrogens is 1. The van der Waals surface area contributed by atoms with E-state index < -0.39 is 0 Å². The number of aromatic nitrogens is 2. The van der Waals surface area contributed by atoms with Crippen molar-refractivity contribution in [1.29, 1.82) is 0 Å². The van der Waals surface area contributed by atoms with Crippen molar-refractivity contribution >= 4 is 28.5 Å². The number of halogens is 1. The van der Waals surface area contributed by atoms with Crippen LogP contribution in [-0.4, -0.2) is 33.4 Å². The summed E-state index contributed by atoms with van der Waals surface area (Å²) in [7, 11) is 0. The van der Waals surface area contributed by atoms with Crippen LogP contribution in [0.2, 0.25) is 5.02 Å². The van der Waals surface area contributed by atoms with E-state index in [0.29, 0.717) is 29.3 Å². The Kier molecular flexibility index (Phi) is 4.96. The zero-order valence-corrected chi connectivity index (χ0v) is 16.4. The lowest BCUT2D eigenvalue weighted by atomic mass is 9.72. The van der Waals surface area contributed by atoms with Gasteiger partial charge in [0.25, 0.3) is 0 Å². The number of carbonyl (C=O) groups excluding carboxylic acids is 1. The summed E-state index contributed by atoms with van der Waals surface area (Å²) in [6.07, 6.45) is 10.4. The Bertz CT molecular complexity index is 802. The maximum atomic E-state index is 13.2. The van der Waals surface area contributed by atoms with Gasteiger partial charge in [-0.25, -0.2) is 4.98 Å². The average molecular weight is 374 g/mol. The minimum absolute atomic E-state index is 0.124. The predicted octanol–water partition coefficient (Wildman–Crippen LogP) is 5.14. The second kappa shape index (κ2) is 7.22. The van der Waals surface area contributed by atoms with Crippen LogP contribution in [0.4, 0.5) is 0 Å². The highest BCUT2D eigenvalue weighted by Gasteiger charge is 2.39. The molecular weight excluding hydrogens is 346 g/mol. The molecule has 1 aliphatic carbocycles. The van der Waals surface area contributed by atoms with Crippen molar-refractivity contribution in [2.75, 3.05) is 6.54 Å². The number of rotatable bonds is 3. The molecule has 1 amide bonds. The first-order chi connectivity index (χ1) is 12.6. The standard InChI is InChI=1S/C21H28ClN3O/c1-13-8-10-25(18-6-4-3-5-15(13)18)19(26)11-14(2)16-12-24-21-20(16)17(22)7-9-23-21/h7,9,12-15,18H,3-6,8,10-11H2,1-2H3,(H,23,24). The minimum atomic E-state index is 0.124. The molecule has 4 unspecified atom stereocenters. The van der Waals surface area contributed by atoms with E-state index in [2.05, 4.69) is 28.7 Å². The summed E-state index contributed by atoms with van der Waals surface area (Å²) in [6, 6.07) is 2.27. The van der Waals surface area contributed by atoms with Crippen LogP contribution in [0.1, 0.15) is 63.9 Å². The van der Waals surface area contributed by atoms with Crippen molar-refractivity contribution < 1.29 is 4.79 Å². The van der Waals surface area contributed by atoms with Gasteiger partial charge in [-0.3, -0.25) is 4.79 Å². The lowest BCUT2D eigenvalue weighted by Gasteiger charge is -2.47. The third-order valence-electron chi connectivity index (χ3n) is 6.62. The average Bonchev–Trinajstić information content (AvgIpc) is 3.08. The van der Waals surface area contributed by atoms with Crippen molar-refractivity contribution in [3.8, 4) is 0 Å². The van der Waals surface area contributed by atoms with Gasteiger partial charge in [0.1, 0.15) is 5.65 Å². The van der Waals surface area contributed by atoms with Gasteiger partial charge in [-0.1, -0.05) is 38.3 Å². The maximum Gasteiger partial charge on any atom is 0.223 e. The van der Waals surface area contributed by atoms with E-state index in [0.717, 1.165) is 35.5 Å². The van der Waals surface area contributed by atoms with Crippen LogP contribution in [0.3, 0.4) is 0 Å². The van der Waals surface area contributed by atoms with Gasteiger partial charge < -0.3 is 9.88 Å². The lowest BCUT2D eigenvalue weighted by molar-refractivity contribution is -0.139. The number of hydrogen-bond donors (Lipinski definition) is 1. The van der Waals surface area contributed by atoms with Gasteiger partial charge in [-0.2, -0.15) is 0 Å². The molecule has 3 heterocycles. The molecule has 2 aromatic heterocycles. The molecule has 4 rings (SSSR count). The molecule has 2 fully saturated rings. The van der Waals surface area contributed by atoms with E-state index in [1.54, 1.807) is 6.20 Å². The molecule has 2 aliphatic rings. The minimum Gasteiger partial charge on any atom is -0.346 e. The third kappa shape index (κ3) is 3.13. The first-order valence-electron chi connectivity index (χ1n) is 9.97. The van der Waals surface area contributed by atoms with Crippen LogP contribution in [0.15, 0.2) is 18.5 Å². The van der Waals surface area contributed by atoms with Crippen LogP contribution < -0.4 is 0 Å². The smallest absolute Gasteiger partial charge is 0.223 e. The Morgan fingerprint density at radius 1 is 1.38 bits per heavy atom. The summed E-state index contributed by atoms with van der Waals surface area (Å²) in [5.74, 6) is 1.87. The molecule has 1 aliphatic heterocycles. The summed E-state index contributed by atoms with van der Waals surface area (Å²) >= 11 is 6.38.